The molecule has 1 fully saturated rings. The molecule has 1 aromatic carbocycles. The van der Waals surface area contributed by atoms with Crippen molar-refractivity contribution >= 4 is 16.8 Å². The van der Waals surface area contributed by atoms with Crippen molar-refractivity contribution in [1.29, 1.82) is 0 Å². The first kappa shape index (κ1) is 10.4. The lowest BCUT2D eigenvalue weighted by Crippen LogP contribution is -2.35. The number of amides is 1. The van der Waals surface area contributed by atoms with Gasteiger partial charge in [0.05, 0.1) is 12.2 Å². The van der Waals surface area contributed by atoms with Crippen LogP contribution in [0.5, 0.6) is 0 Å². The predicted molar refractivity (Wildman–Crippen MR) is 64.5 cm³/mol. The van der Waals surface area contributed by atoms with Crippen LogP contribution in [0, 0.1) is 0 Å². The average molecular weight is 230 g/mol. The van der Waals surface area contributed by atoms with Gasteiger partial charge in [0, 0.05) is 23.6 Å². The van der Waals surface area contributed by atoms with Gasteiger partial charge in [-0.05, 0) is 31.0 Å². The van der Waals surface area contributed by atoms with Gasteiger partial charge >= 0.3 is 0 Å². The molecule has 0 aliphatic carbocycles. The second-order valence-corrected chi connectivity index (χ2v) is 4.19. The third-order valence-electron chi connectivity index (χ3n) is 3.05. The smallest absolute Gasteiger partial charge is 0.278 e. The third kappa shape index (κ3) is 1.80. The van der Waals surface area contributed by atoms with E-state index >= 15 is 0 Å². The zero-order chi connectivity index (χ0) is 11.7. The van der Waals surface area contributed by atoms with Crippen molar-refractivity contribution in [3.63, 3.8) is 0 Å². The van der Waals surface area contributed by atoms with Crippen LogP contribution in [0.15, 0.2) is 30.5 Å². The van der Waals surface area contributed by atoms with Gasteiger partial charge in [-0.15, -0.1) is 0 Å². The highest BCUT2D eigenvalue weighted by atomic mass is 16.7. The number of aromatic amines is 1. The molecule has 3 rings (SSSR count). The van der Waals surface area contributed by atoms with Crippen LogP contribution in [0.1, 0.15) is 23.2 Å². The van der Waals surface area contributed by atoms with Crippen LogP contribution in [0.3, 0.4) is 0 Å². The Labute approximate surface area is 99.1 Å². The van der Waals surface area contributed by atoms with Crippen LogP contribution in [0.2, 0.25) is 0 Å². The fourth-order valence-electron chi connectivity index (χ4n) is 2.16. The summed E-state index contributed by atoms with van der Waals surface area (Å²) in [7, 11) is 0. The molecule has 1 saturated heterocycles. The standard InChI is InChI=1S/C13H14N2O2/c16-13(15-8-1-2-9-17-15)11-4-3-5-12-10(11)6-7-14-12/h3-7,14H,1-2,8-9H2. The first-order chi connectivity index (χ1) is 8.36. The summed E-state index contributed by atoms with van der Waals surface area (Å²) in [5.41, 5.74) is 1.68. The maximum atomic E-state index is 12.3. The quantitative estimate of drug-likeness (QED) is 0.817. The molecule has 2 aromatic rings. The molecular weight excluding hydrogens is 216 g/mol. The minimum absolute atomic E-state index is 0.0464. The molecule has 0 unspecified atom stereocenters. The Morgan fingerprint density at radius 1 is 1.29 bits per heavy atom. The van der Waals surface area contributed by atoms with Crippen molar-refractivity contribution in [3.8, 4) is 0 Å². The fourth-order valence-corrected chi connectivity index (χ4v) is 2.16. The molecule has 0 bridgehead atoms. The molecular formula is C13H14N2O2. The van der Waals surface area contributed by atoms with E-state index < -0.39 is 0 Å². The van der Waals surface area contributed by atoms with Gasteiger partial charge in [-0.3, -0.25) is 9.63 Å². The fraction of sp³-hybridized carbons (Fsp3) is 0.308. The summed E-state index contributed by atoms with van der Waals surface area (Å²) in [5.74, 6) is -0.0464. The maximum Gasteiger partial charge on any atom is 0.278 e. The molecule has 4 nitrogen and oxygen atoms in total. The van der Waals surface area contributed by atoms with Crippen LogP contribution in [0.25, 0.3) is 10.9 Å². The Bertz CT molecular complexity index is 541. The Morgan fingerprint density at radius 2 is 2.24 bits per heavy atom. The van der Waals surface area contributed by atoms with Gasteiger partial charge in [0.1, 0.15) is 0 Å². The van der Waals surface area contributed by atoms with Gasteiger partial charge in [0.25, 0.3) is 5.91 Å². The number of rotatable bonds is 1. The number of benzene rings is 1. The molecule has 0 radical (unpaired) electrons. The van der Waals surface area contributed by atoms with E-state index in [0.717, 1.165) is 23.7 Å². The number of H-pyrrole nitrogens is 1. The van der Waals surface area contributed by atoms with E-state index in [-0.39, 0.29) is 5.91 Å². The highest BCUT2D eigenvalue weighted by molar-refractivity contribution is 6.05. The highest BCUT2D eigenvalue weighted by Crippen LogP contribution is 2.20. The molecule has 17 heavy (non-hydrogen) atoms. The number of carbonyl (C=O) groups excluding carboxylic acids is 1. The Kier molecular flexibility index (Phi) is 2.57. The largest absolute Gasteiger partial charge is 0.361 e. The van der Waals surface area contributed by atoms with E-state index in [0.29, 0.717) is 18.7 Å². The Balaban J connectivity index is 1.97. The molecule has 1 aliphatic heterocycles. The van der Waals surface area contributed by atoms with Crippen LogP contribution < -0.4 is 0 Å². The van der Waals surface area contributed by atoms with Gasteiger partial charge in [-0.1, -0.05) is 6.07 Å². The normalized spacial score (nSPS) is 16.4. The van der Waals surface area contributed by atoms with Crippen molar-refractivity contribution in [1.82, 2.24) is 10.0 Å². The van der Waals surface area contributed by atoms with Gasteiger partial charge in [-0.25, -0.2) is 5.06 Å². The van der Waals surface area contributed by atoms with Crippen LogP contribution in [0.4, 0.5) is 0 Å². The lowest BCUT2D eigenvalue weighted by atomic mass is 10.1. The van der Waals surface area contributed by atoms with Crippen molar-refractivity contribution in [2.75, 3.05) is 13.2 Å². The summed E-state index contributed by atoms with van der Waals surface area (Å²) >= 11 is 0. The minimum atomic E-state index is -0.0464. The van der Waals surface area contributed by atoms with Gasteiger partial charge in [-0.2, -0.15) is 0 Å². The van der Waals surface area contributed by atoms with Gasteiger partial charge in [0.15, 0.2) is 0 Å². The first-order valence-electron chi connectivity index (χ1n) is 5.87. The second-order valence-electron chi connectivity index (χ2n) is 4.19. The maximum absolute atomic E-state index is 12.3. The van der Waals surface area contributed by atoms with E-state index in [4.69, 9.17) is 4.84 Å². The summed E-state index contributed by atoms with van der Waals surface area (Å²) in [6, 6.07) is 7.61. The summed E-state index contributed by atoms with van der Waals surface area (Å²) in [6.45, 7) is 1.31. The van der Waals surface area contributed by atoms with Crippen LogP contribution >= 0.6 is 0 Å². The van der Waals surface area contributed by atoms with Crippen LogP contribution in [-0.4, -0.2) is 29.1 Å². The molecule has 1 amide bonds. The lowest BCUT2D eigenvalue weighted by Gasteiger charge is -2.26. The number of carbonyl (C=O) groups is 1. The average Bonchev–Trinajstić information content (AvgIpc) is 2.87. The minimum Gasteiger partial charge on any atom is -0.361 e. The number of nitrogens with one attached hydrogen (secondary N) is 1. The van der Waals surface area contributed by atoms with Crippen molar-refractivity contribution in [2.24, 2.45) is 0 Å². The molecule has 1 aliphatic rings. The van der Waals surface area contributed by atoms with Crippen molar-refractivity contribution < 1.29 is 9.63 Å². The number of hydrogen-bond acceptors (Lipinski definition) is 2. The number of fused-ring (bicyclic) bond motifs is 1. The number of hydroxylamine groups is 2. The van der Waals surface area contributed by atoms with E-state index in [1.165, 1.54) is 5.06 Å². The molecule has 1 N–H and O–H groups in total. The second kappa shape index (κ2) is 4.22. The number of nitrogens with zero attached hydrogens (tertiary/aromatic N) is 1. The number of hydrogen-bond donors (Lipinski definition) is 1. The number of aromatic nitrogens is 1. The molecule has 1 aromatic heterocycles. The first-order valence-corrected chi connectivity index (χ1v) is 5.87. The van der Waals surface area contributed by atoms with E-state index in [2.05, 4.69) is 4.98 Å². The summed E-state index contributed by atoms with van der Waals surface area (Å²) in [4.78, 5) is 20.8. The molecule has 0 saturated carbocycles. The summed E-state index contributed by atoms with van der Waals surface area (Å²) in [6.07, 6.45) is 3.88. The SMILES string of the molecule is O=C(c1cccc2[nH]ccc12)N1CCCCO1. The van der Waals surface area contributed by atoms with E-state index in [9.17, 15) is 4.79 Å². The summed E-state index contributed by atoms with van der Waals surface area (Å²) < 4.78 is 0. The monoisotopic (exact) mass is 230 g/mol. The highest BCUT2D eigenvalue weighted by Gasteiger charge is 2.21. The third-order valence-corrected chi connectivity index (χ3v) is 3.05. The molecule has 2 heterocycles. The van der Waals surface area contributed by atoms with Gasteiger partial charge in [0.2, 0.25) is 0 Å². The van der Waals surface area contributed by atoms with Crippen molar-refractivity contribution in [2.45, 2.75) is 12.8 Å². The molecule has 88 valence electrons. The zero-order valence-corrected chi connectivity index (χ0v) is 9.48. The lowest BCUT2D eigenvalue weighted by molar-refractivity contribution is -0.144. The van der Waals surface area contributed by atoms with Crippen LogP contribution in [-0.2, 0) is 4.84 Å². The zero-order valence-electron chi connectivity index (χ0n) is 9.48. The molecule has 4 heteroatoms. The Morgan fingerprint density at radius 3 is 3.06 bits per heavy atom. The summed E-state index contributed by atoms with van der Waals surface area (Å²) in [5, 5.41) is 2.43. The topological polar surface area (TPSA) is 45.3 Å². The van der Waals surface area contributed by atoms with Crippen molar-refractivity contribution in [3.05, 3.63) is 36.0 Å². The molecule has 0 spiro atoms. The van der Waals surface area contributed by atoms with Gasteiger partial charge < -0.3 is 4.98 Å². The van der Waals surface area contributed by atoms with E-state index in [1.807, 2.05) is 30.5 Å². The predicted octanol–water partition coefficient (Wildman–Crippen LogP) is 2.34. The molecule has 0 atom stereocenters. The van der Waals surface area contributed by atoms with E-state index in [1.54, 1.807) is 0 Å². The Hall–Kier alpha value is -1.81.